The highest BCUT2D eigenvalue weighted by atomic mass is 35.5. The zero-order chi connectivity index (χ0) is 18.4. The number of ether oxygens (including phenoxy) is 1. The first-order chi connectivity index (χ1) is 12.6. The van der Waals surface area contributed by atoms with Crippen molar-refractivity contribution < 1.29 is 9.53 Å². The summed E-state index contributed by atoms with van der Waals surface area (Å²) in [7, 11) is 0. The number of carbonyl (C=O) groups is 1. The molecule has 1 aromatic heterocycles. The maximum atomic E-state index is 12.3. The number of carbonyl (C=O) groups excluding carboxylic acids is 1. The number of aromatic nitrogens is 2. The highest BCUT2D eigenvalue weighted by molar-refractivity contribution is 6.30. The minimum atomic E-state index is -0.455. The van der Waals surface area contributed by atoms with Crippen molar-refractivity contribution in [3.8, 4) is 0 Å². The monoisotopic (exact) mass is 386 g/mol. The summed E-state index contributed by atoms with van der Waals surface area (Å²) >= 11 is 11.8. The van der Waals surface area contributed by atoms with Crippen LogP contribution in [0.2, 0.25) is 10.0 Å². The Balaban J connectivity index is 1.72. The van der Waals surface area contributed by atoms with E-state index in [2.05, 4.69) is 4.98 Å². The molecule has 0 spiro atoms. The molecule has 0 aliphatic rings. The molecule has 0 aliphatic carbocycles. The SMILES string of the molecule is O=C(C=Cc1ccc(Cl)cc1)OC(Cn1ccnc1)c1ccc(Cl)cc1. The van der Waals surface area contributed by atoms with Crippen molar-refractivity contribution in [2.75, 3.05) is 0 Å². The molecule has 2 aromatic carbocycles. The molecule has 6 heteroatoms. The van der Waals surface area contributed by atoms with Gasteiger partial charge < -0.3 is 9.30 Å². The third-order valence-electron chi connectivity index (χ3n) is 3.72. The number of esters is 1. The van der Waals surface area contributed by atoms with Crippen LogP contribution in [0.3, 0.4) is 0 Å². The topological polar surface area (TPSA) is 44.1 Å². The van der Waals surface area contributed by atoms with Crippen molar-refractivity contribution in [1.82, 2.24) is 9.55 Å². The number of hydrogen-bond acceptors (Lipinski definition) is 3. The van der Waals surface area contributed by atoms with Crippen LogP contribution in [0.15, 0.2) is 73.3 Å². The molecular formula is C20H16Cl2N2O2. The highest BCUT2D eigenvalue weighted by Gasteiger charge is 2.16. The standard InChI is InChI=1S/C20H16Cl2N2O2/c21-17-6-1-15(2-7-17)3-10-20(25)26-19(13-24-12-11-23-14-24)16-4-8-18(22)9-5-16/h1-12,14,19H,13H2. The summed E-state index contributed by atoms with van der Waals surface area (Å²) in [5.41, 5.74) is 1.72. The van der Waals surface area contributed by atoms with Gasteiger partial charge in [-0.15, -0.1) is 0 Å². The molecule has 0 radical (unpaired) electrons. The predicted octanol–water partition coefficient (Wildman–Crippen LogP) is 5.19. The molecule has 3 rings (SSSR count). The molecule has 0 amide bonds. The quantitative estimate of drug-likeness (QED) is 0.432. The number of benzene rings is 2. The zero-order valence-corrected chi connectivity index (χ0v) is 15.3. The fourth-order valence-electron chi connectivity index (χ4n) is 2.39. The van der Waals surface area contributed by atoms with Gasteiger partial charge >= 0.3 is 5.97 Å². The summed E-state index contributed by atoms with van der Waals surface area (Å²) in [6.45, 7) is 0.460. The van der Waals surface area contributed by atoms with Gasteiger partial charge in [-0.2, -0.15) is 0 Å². The van der Waals surface area contributed by atoms with E-state index in [9.17, 15) is 4.79 Å². The molecule has 3 aromatic rings. The van der Waals surface area contributed by atoms with Crippen LogP contribution in [-0.4, -0.2) is 15.5 Å². The Morgan fingerprint density at radius 1 is 1.08 bits per heavy atom. The lowest BCUT2D eigenvalue weighted by atomic mass is 10.1. The Morgan fingerprint density at radius 2 is 1.73 bits per heavy atom. The van der Waals surface area contributed by atoms with Gasteiger partial charge in [-0.05, 0) is 41.5 Å². The van der Waals surface area contributed by atoms with Gasteiger partial charge in [0, 0.05) is 28.5 Å². The molecule has 0 saturated heterocycles. The van der Waals surface area contributed by atoms with Crippen molar-refractivity contribution in [3.63, 3.8) is 0 Å². The van der Waals surface area contributed by atoms with E-state index in [1.54, 1.807) is 42.9 Å². The molecule has 0 saturated carbocycles. The largest absolute Gasteiger partial charge is 0.452 e. The van der Waals surface area contributed by atoms with Crippen molar-refractivity contribution in [2.45, 2.75) is 12.6 Å². The van der Waals surface area contributed by atoms with Gasteiger partial charge in [0.05, 0.1) is 12.9 Å². The van der Waals surface area contributed by atoms with E-state index in [4.69, 9.17) is 27.9 Å². The summed E-state index contributed by atoms with van der Waals surface area (Å²) in [4.78, 5) is 16.3. The smallest absolute Gasteiger partial charge is 0.331 e. The van der Waals surface area contributed by atoms with Gasteiger partial charge in [0.1, 0.15) is 6.10 Å². The van der Waals surface area contributed by atoms with E-state index in [-0.39, 0.29) is 0 Å². The molecule has 4 nitrogen and oxygen atoms in total. The number of rotatable bonds is 6. The molecular weight excluding hydrogens is 371 g/mol. The summed E-state index contributed by atoms with van der Waals surface area (Å²) in [5.74, 6) is -0.431. The number of hydrogen-bond donors (Lipinski definition) is 0. The van der Waals surface area contributed by atoms with Gasteiger partial charge in [0.15, 0.2) is 0 Å². The second-order valence-corrected chi connectivity index (χ2v) is 6.49. The molecule has 26 heavy (non-hydrogen) atoms. The summed E-state index contributed by atoms with van der Waals surface area (Å²) in [6.07, 6.45) is 7.82. The van der Waals surface area contributed by atoms with Crippen LogP contribution in [0.25, 0.3) is 6.08 Å². The Labute approximate surface area is 161 Å². The van der Waals surface area contributed by atoms with Crippen LogP contribution in [0.5, 0.6) is 0 Å². The molecule has 0 bridgehead atoms. The number of halogens is 2. The van der Waals surface area contributed by atoms with Gasteiger partial charge in [-0.1, -0.05) is 47.5 Å². The molecule has 0 N–H and O–H groups in total. The third kappa shape index (κ3) is 5.22. The Kier molecular flexibility index (Phi) is 6.10. The predicted molar refractivity (Wildman–Crippen MR) is 103 cm³/mol. The Morgan fingerprint density at radius 3 is 2.35 bits per heavy atom. The van der Waals surface area contributed by atoms with E-state index < -0.39 is 12.1 Å². The van der Waals surface area contributed by atoms with Crippen LogP contribution < -0.4 is 0 Å². The van der Waals surface area contributed by atoms with E-state index in [0.29, 0.717) is 16.6 Å². The molecule has 132 valence electrons. The van der Waals surface area contributed by atoms with E-state index >= 15 is 0 Å². The van der Waals surface area contributed by atoms with Crippen molar-refractivity contribution in [2.24, 2.45) is 0 Å². The summed E-state index contributed by atoms with van der Waals surface area (Å²) < 4.78 is 7.51. The minimum absolute atomic E-state index is 0.431. The molecule has 0 aliphatic heterocycles. The molecule has 0 fully saturated rings. The molecule has 1 unspecified atom stereocenters. The van der Waals surface area contributed by atoms with Gasteiger partial charge in [-0.25, -0.2) is 9.78 Å². The minimum Gasteiger partial charge on any atom is -0.452 e. The number of imidazole rings is 1. The lowest BCUT2D eigenvalue weighted by Crippen LogP contribution is -2.15. The van der Waals surface area contributed by atoms with Gasteiger partial charge in [0.2, 0.25) is 0 Å². The van der Waals surface area contributed by atoms with Crippen LogP contribution in [-0.2, 0) is 16.1 Å². The van der Waals surface area contributed by atoms with E-state index in [0.717, 1.165) is 11.1 Å². The average Bonchev–Trinajstić information content (AvgIpc) is 3.14. The van der Waals surface area contributed by atoms with Crippen molar-refractivity contribution in [1.29, 1.82) is 0 Å². The number of nitrogens with zero attached hydrogens (tertiary/aromatic N) is 2. The highest BCUT2D eigenvalue weighted by Crippen LogP contribution is 2.22. The average molecular weight is 387 g/mol. The summed E-state index contributed by atoms with van der Waals surface area (Å²) in [5, 5.41) is 1.27. The first-order valence-corrected chi connectivity index (χ1v) is 8.71. The fourth-order valence-corrected chi connectivity index (χ4v) is 2.64. The lowest BCUT2D eigenvalue weighted by molar-refractivity contribution is -0.144. The first kappa shape index (κ1) is 18.2. The van der Waals surface area contributed by atoms with Crippen LogP contribution in [0.4, 0.5) is 0 Å². The van der Waals surface area contributed by atoms with E-state index in [1.165, 1.54) is 6.08 Å². The van der Waals surface area contributed by atoms with Gasteiger partial charge in [-0.3, -0.25) is 0 Å². The Hall–Kier alpha value is -2.56. The first-order valence-electron chi connectivity index (χ1n) is 7.95. The second kappa shape index (κ2) is 8.70. The zero-order valence-electron chi connectivity index (χ0n) is 13.8. The van der Waals surface area contributed by atoms with Crippen molar-refractivity contribution in [3.05, 3.63) is 94.5 Å². The Bertz CT molecular complexity index is 873. The fraction of sp³-hybridized carbons (Fsp3) is 0.100. The normalized spacial score (nSPS) is 12.2. The van der Waals surface area contributed by atoms with E-state index in [1.807, 2.05) is 35.0 Å². The maximum absolute atomic E-state index is 12.3. The van der Waals surface area contributed by atoms with Crippen molar-refractivity contribution >= 4 is 35.2 Å². The van der Waals surface area contributed by atoms with Gasteiger partial charge in [0.25, 0.3) is 0 Å². The second-order valence-electron chi connectivity index (χ2n) is 5.62. The molecule has 1 heterocycles. The van der Waals surface area contributed by atoms with Crippen LogP contribution in [0.1, 0.15) is 17.2 Å². The maximum Gasteiger partial charge on any atom is 0.331 e. The van der Waals surface area contributed by atoms with Crippen LogP contribution in [0, 0.1) is 0 Å². The third-order valence-corrected chi connectivity index (χ3v) is 4.22. The summed E-state index contributed by atoms with van der Waals surface area (Å²) in [6, 6.07) is 14.4. The molecule has 1 atom stereocenters. The lowest BCUT2D eigenvalue weighted by Gasteiger charge is -2.18. The van der Waals surface area contributed by atoms with Crippen LogP contribution >= 0.6 is 23.2 Å².